The van der Waals surface area contributed by atoms with Crippen LogP contribution in [0.15, 0.2) is 38.5 Å². The van der Waals surface area contributed by atoms with Crippen molar-refractivity contribution in [2.24, 2.45) is 0 Å². The van der Waals surface area contributed by atoms with E-state index in [9.17, 15) is 4.79 Å². The van der Waals surface area contributed by atoms with Crippen LogP contribution in [-0.4, -0.2) is 16.8 Å². The van der Waals surface area contributed by atoms with Crippen molar-refractivity contribution >= 4 is 29.1 Å². The summed E-state index contributed by atoms with van der Waals surface area (Å²) in [6.45, 7) is 0. The van der Waals surface area contributed by atoms with E-state index in [4.69, 9.17) is 9.52 Å². The largest absolute Gasteiger partial charge is 0.475 e. The Bertz CT molecular complexity index is 459. The molecule has 2 heterocycles. The Morgan fingerprint density at radius 1 is 1.44 bits per heavy atom. The van der Waals surface area contributed by atoms with Crippen molar-refractivity contribution in [3.8, 4) is 0 Å². The van der Waals surface area contributed by atoms with Gasteiger partial charge < -0.3 is 9.52 Å². The number of carboxylic acids is 1. The van der Waals surface area contributed by atoms with E-state index >= 15 is 0 Å². The van der Waals surface area contributed by atoms with Gasteiger partial charge in [-0.05, 0) is 40.9 Å². The Hall–Kier alpha value is -1.20. The van der Waals surface area contributed by atoms with Gasteiger partial charge in [-0.25, -0.2) is 4.79 Å². The van der Waals surface area contributed by atoms with Crippen molar-refractivity contribution in [1.82, 2.24) is 0 Å². The lowest BCUT2D eigenvalue weighted by Crippen LogP contribution is -1.91. The summed E-state index contributed by atoms with van der Waals surface area (Å²) in [5.41, 5.74) is 1.31. The van der Waals surface area contributed by atoms with Crippen LogP contribution in [0.25, 0.3) is 0 Å². The topological polar surface area (TPSA) is 50.4 Å². The lowest BCUT2D eigenvalue weighted by molar-refractivity contribution is 0.0656. The van der Waals surface area contributed by atoms with Gasteiger partial charge in [0.2, 0.25) is 5.76 Å². The maximum atomic E-state index is 10.6. The number of hydrogen-bond acceptors (Lipinski definition) is 4. The van der Waals surface area contributed by atoms with Gasteiger partial charge in [-0.3, -0.25) is 0 Å². The Labute approximate surface area is 101 Å². The number of hydrogen-bond donors (Lipinski definition) is 1. The highest BCUT2D eigenvalue weighted by Gasteiger charge is 2.08. The van der Waals surface area contributed by atoms with Gasteiger partial charge in [0.25, 0.3) is 0 Å². The summed E-state index contributed by atoms with van der Waals surface area (Å²) in [5.74, 6) is -0.133. The van der Waals surface area contributed by atoms with Crippen LogP contribution >= 0.6 is 23.1 Å². The molecule has 2 rings (SSSR count). The monoisotopic (exact) mass is 254 g/mol. The molecule has 0 aliphatic heterocycles. The molecule has 16 heavy (non-hydrogen) atoms. The van der Waals surface area contributed by atoms with Crippen LogP contribution in [0, 0.1) is 0 Å². The maximum Gasteiger partial charge on any atom is 0.371 e. The molecule has 0 radical (unpaired) electrons. The van der Waals surface area contributed by atoms with Crippen LogP contribution in [0.5, 0.6) is 0 Å². The number of carboxylic acid groups (broad SMARTS) is 1. The van der Waals surface area contributed by atoms with Gasteiger partial charge in [0.1, 0.15) is 0 Å². The van der Waals surface area contributed by atoms with Gasteiger partial charge in [0, 0.05) is 5.75 Å². The molecule has 0 aromatic carbocycles. The SMILES string of the molecule is O=C(O)c1ccc(SCCc2ccsc2)o1. The van der Waals surface area contributed by atoms with Gasteiger partial charge in [0.15, 0.2) is 5.09 Å². The number of carbonyl (C=O) groups is 1. The molecule has 5 heteroatoms. The molecule has 0 saturated heterocycles. The van der Waals surface area contributed by atoms with Crippen molar-refractivity contribution in [2.45, 2.75) is 11.5 Å². The predicted molar refractivity (Wildman–Crippen MR) is 64.4 cm³/mol. The summed E-state index contributed by atoms with van der Waals surface area (Å²) >= 11 is 3.21. The van der Waals surface area contributed by atoms with Crippen LogP contribution in [0.3, 0.4) is 0 Å². The second-order valence-electron chi connectivity index (χ2n) is 3.15. The molecule has 0 unspecified atom stereocenters. The fourth-order valence-electron chi connectivity index (χ4n) is 1.22. The van der Waals surface area contributed by atoms with Gasteiger partial charge in [-0.1, -0.05) is 11.8 Å². The molecule has 2 aromatic rings. The zero-order valence-corrected chi connectivity index (χ0v) is 10.0. The molecule has 0 atom stereocenters. The molecule has 84 valence electrons. The minimum absolute atomic E-state index is 0.00182. The second kappa shape index (κ2) is 5.23. The van der Waals surface area contributed by atoms with Crippen molar-refractivity contribution < 1.29 is 14.3 Å². The molecule has 3 nitrogen and oxygen atoms in total. The van der Waals surface area contributed by atoms with Gasteiger partial charge in [-0.2, -0.15) is 11.3 Å². The number of aryl methyl sites for hydroxylation is 1. The second-order valence-corrected chi connectivity index (χ2v) is 5.03. The van der Waals surface area contributed by atoms with Gasteiger partial charge in [0.05, 0.1) is 0 Å². The summed E-state index contributed by atoms with van der Waals surface area (Å²) in [4.78, 5) is 10.6. The van der Waals surface area contributed by atoms with Crippen molar-refractivity contribution in [2.75, 3.05) is 5.75 Å². The fraction of sp³-hybridized carbons (Fsp3) is 0.182. The van der Waals surface area contributed by atoms with Crippen molar-refractivity contribution in [1.29, 1.82) is 0 Å². The minimum Gasteiger partial charge on any atom is -0.475 e. The molecular weight excluding hydrogens is 244 g/mol. The quantitative estimate of drug-likeness (QED) is 0.831. The Balaban J connectivity index is 1.83. The van der Waals surface area contributed by atoms with E-state index in [1.54, 1.807) is 17.4 Å². The Morgan fingerprint density at radius 2 is 2.31 bits per heavy atom. The van der Waals surface area contributed by atoms with E-state index in [1.165, 1.54) is 23.4 Å². The predicted octanol–water partition coefficient (Wildman–Crippen LogP) is 3.37. The lowest BCUT2D eigenvalue weighted by Gasteiger charge is -1.96. The summed E-state index contributed by atoms with van der Waals surface area (Å²) in [6, 6.07) is 5.27. The first-order valence-electron chi connectivity index (χ1n) is 4.73. The van der Waals surface area contributed by atoms with E-state index in [-0.39, 0.29) is 5.76 Å². The summed E-state index contributed by atoms with van der Waals surface area (Å²) in [6.07, 6.45) is 0.970. The molecule has 0 aliphatic carbocycles. The van der Waals surface area contributed by atoms with Crippen molar-refractivity contribution in [3.05, 3.63) is 40.3 Å². The molecule has 2 aromatic heterocycles. The molecule has 0 saturated carbocycles. The third kappa shape index (κ3) is 2.90. The molecule has 0 bridgehead atoms. The Kier molecular flexibility index (Phi) is 3.69. The highest BCUT2D eigenvalue weighted by Crippen LogP contribution is 2.22. The molecule has 0 fully saturated rings. The third-order valence-corrected chi connectivity index (χ3v) is 3.65. The van der Waals surface area contributed by atoms with Crippen LogP contribution in [0.4, 0.5) is 0 Å². The highest BCUT2D eigenvalue weighted by molar-refractivity contribution is 7.99. The maximum absolute atomic E-state index is 10.6. The normalized spacial score (nSPS) is 10.5. The fourth-order valence-corrected chi connectivity index (χ4v) is 2.77. The summed E-state index contributed by atoms with van der Waals surface area (Å²) < 4.78 is 5.13. The first kappa shape index (κ1) is 11.3. The van der Waals surface area contributed by atoms with Gasteiger partial charge >= 0.3 is 5.97 Å². The lowest BCUT2D eigenvalue weighted by atomic mass is 10.3. The van der Waals surface area contributed by atoms with Crippen LogP contribution in [0.1, 0.15) is 16.1 Å². The Morgan fingerprint density at radius 3 is 2.94 bits per heavy atom. The molecule has 0 aliphatic rings. The zero-order chi connectivity index (χ0) is 11.4. The molecule has 0 amide bonds. The number of rotatable bonds is 5. The van der Waals surface area contributed by atoms with Crippen LogP contribution < -0.4 is 0 Å². The number of furan rings is 1. The molecule has 0 spiro atoms. The number of thioether (sulfide) groups is 1. The standard InChI is InChI=1S/C11H10O3S2/c12-11(13)9-1-2-10(14-9)16-6-4-8-3-5-15-7-8/h1-3,5,7H,4,6H2,(H,12,13). The van der Waals surface area contributed by atoms with E-state index in [1.807, 2.05) is 0 Å². The third-order valence-electron chi connectivity index (χ3n) is 2.01. The van der Waals surface area contributed by atoms with E-state index in [0.717, 1.165) is 12.2 Å². The van der Waals surface area contributed by atoms with Gasteiger partial charge in [-0.15, -0.1) is 0 Å². The van der Waals surface area contributed by atoms with E-state index in [2.05, 4.69) is 16.8 Å². The van der Waals surface area contributed by atoms with Crippen LogP contribution in [-0.2, 0) is 6.42 Å². The van der Waals surface area contributed by atoms with Crippen LogP contribution in [0.2, 0.25) is 0 Å². The summed E-state index contributed by atoms with van der Waals surface area (Å²) in [5, 5.41) is 13.5. The zero-order valence-electron chi connectivity index (χ0n) is 8.38. The smallest absolute Gasteiger partial charge is 0.371 e. The highest BCUT2D eigenvalue weighted by atomic mass is 32.2. The average molecular weight is 254 g/mol. The average Bonchev–Trinajstić information content (AvgIpc) is 2.87. The first-order chi connectivity index (χ1) is 7.75. The van der Waals surface area contributed by atoms with E-state index < -0.39 is 5.97 Å². The molecular formula is C11H10O3S2. The first-order valence-corrected chi connectivity index (χ1v) is 6.65. The summed E-state index contributed by atoms with van der Waals surface area (Å²) in [7, 11) is 0. The minimum atomic E-state index is -1.02. The van der Waals surface area contributed by atoms with Crippen molar-refractivity contribution in [3.63, 3.8) is 0 Å². The van der Waals surface area contributed by atoms with E-state index in [0.29, 0.717) is 5.09 Å². The number of thiophene rings is 1. The molecule has 1 N–H and O–H groups in total. The number of aromatic carboxylic acids is 1.